The molecule has 0 bridgehead atoms. The summed E-state index contributed by atoms with van der Waals surface area (Å²) in [6, 6.07) is 0.272. The predicted octanol–water partition coefficient (Wildman–Crippen LogP) is 2.71. The first kappa shape index (κ1) is 16.7. The molecule has 0 spiro atoms. The maximum Gasteiger partial charge on any atom is 0.139 e. The molecule has 1 saturated carbocycles. The van der Waals surface area contributed by atoms with Gasteiger partial charge in [-0.05, 0) is 45.4 Å². The van der Waals surface area contributed by atoms with E-state index in [1.165, 1.54) is 0 Å². The van der Waals surface area contributed by atoms with Crippen molar-refractivity contribution < 1.29 is 5.11 Å². The van der Waals surface area contributed by atoms with E-state index in [1.807, 2.05) is 0 Å². The van der Waals surface area contributed by atoms with Gasteiger partial charge in [-0.25, -0.2) is 9.97 Å². The highest BCUT2D eigenvalue weighted by Crippen LogP contribution is 2.26. The second-order valence-electron chi connectivity index (χ2n) is 6.61. The van der Waals surface area contributed by atoms with Gasteiger partial charge in [0, 0.05) is 24.4 Å². The molecule has 0 aliphatic heterocycles. The van der Waals surface area contributed by atoms with E-state index < -0.39 is 0 Å². The van der Waals surface area contributed by atoms with Crippen molar-refractivity contribution in [3.05, 3.63) is 24.2 Å². The SMILES string of the molecule is C=C(N)c1cnc(C[C@H]2CCC[C@@H](O)CC2)nc1NC(C)C. The minimum Gasteiger partial charge on any atom is -0.399 e. The van der Waals surface area contributed by atoms with Crippen molar-refractivity contribution in [3.63, 3.8) is 0 Å². The molecule has 1 fully saturated rings. The number of aliphatic hydroxyl groups excluding tert-OH is 1. The Labute approximate surface area is 133 Å². The van der Waals surface area contributed by atoms with E-state index in [0.29, 0.717) is 11.6 Å². The van der Waals surface area contributed by atoms with Gasteiger partial charge in [-0.2, -0.15) is 0 Å². The van der Waals surface area contributed by atoms with Gasteiger partial charge in [0.25, 0.3) is 0 Å². The van der Waals surface area contributed by atoms with Crippen molar-refractivity contribution in [2.75, 3.05) is 5.32 Å². The largest absolute Gasteiger partial charge is 0.399 e. The molecule has 1 aliphatic carbocycles. The van der Waals surface area contributed by atoms with Gasteiger partial charge in [0.2, 0.25) is 0 Å². The third kappa shape index (κ3) is 4.70. The zero-order valence-electron chi connectivity index (χ0n) is 13.7. The first-order valence-electron chi connectivity index (χ1n) is 8.21. The number of nitrogens with two attached hydrogens (primary N) is 1. The monoisotopic (exact) mass is 304 g/mol. The number of aromatic nitrogens is 2. The van der Waals surface area contributed by atoms with Crippen LogP contribution in [0.15, 0.2) is 12.8 Å². The third-order valence-corrected chi connectivity index (χ3v) is 4.14. The normalized spacial score (nSPS) is 22.4. The lowest BCUT2D eigenvalue weighted by Crippen LogP contribution is -2.16. The first-order chi connectivity index (χ1) is 10.5. The van der Waals surface area contributed by atoms with E-state index in [0.717, 1.165) is 55.7 Å². The van der Waals surface area contributed by atoms with E-state index in [-0.39, 0.29) is 12.1 Å². The second-order valence-corrected chi connectivity index (χ2v) is 6.61. The number of nitrogens with zero attached hydrogens (tertiary/aromatic N) is 2. The zero-order chi connectivity index (χ0) is 16.1. The Bertz CT molecular complexity index is 515. The summed E-state index contributed by atoms with van der Waals surface area (Å²) in [5, 5.41) is 13.1. The lowest BCUT2D eigenvalue weighted by molar-refractivity contribution is 0.156. The molecule has 4 N–H and O–H groups in total. The van der Waals surface area contributed by atoms with Crippen LogP contribution in [-0.4, -0.2) is 27.2 Å². The number of hydrogen-bond acceptors (Lipinski definition) is 5. The number of nitrogens with one attached hydrogen (secondary N) is 1. The standard InChI is InChI=1S/C17H28N4O/c1-11(2)20-17-15(12(3)18)10-19-16(21-17)9-13-5-4-6-14(22)8-7-13/h10-11,13-14,22H,3-9,18H2,1-2H3,(H,19,20,21)/t13-,14+/m0/s1. The average molecular weight is 304 g/mol. The molecule has 5 nitrogen and oxygen atoms in total. The summed E-state index contributed by atoms with van der Waals surface area (Å²) in [6.45, 7) is 7.92. The van der Waals surface area contributed by atoms with Crippen LogP contribution in [0.3, 0.4) is 0 Å². The third-order valence-electron chi connectivity index (χ3n) is 4.14. The van der Waals surface area contributed by atoms with Gasteiger partial charge in [0.05, 0.1) is 11.7 Å². The number of aliphatic hydroxyl groups is 1. The molecule has 0 radical (unpaired) electrons. The molecule has 5 heteroatoms. The quantitative estimate of drug-likeness (QED) is 0.728. The summed E-state index contributed by atoms with van der Waals surface area (Å²) < 4.78 is 0. The van der Waals surface area contributed by atoms with Gasteiger partial charge in [0.15, 0.2) is 0 Å². The van der Waals surface area contributed by atoms with Gasteiger partial charge >= 0.3 is 0 Å². The topological polar surface area (TPSA) is 84.1 Å². The molecule has 2 atom stereocenters. The van der Waals surface area contributed by atoms with E-state index in [9.17, 15) is 5.11 Å². The Morgan fingerprint density at radius 2 is 2.18 bits per heavy atom. The van der Waals surface area contributed by atoms with Gasteiger partial charge in [-0.1, -0.05) is 13.0 Å². The van der Waals surface area contributed by atoms with Gasteiger partial charge in [-0.3, -0.25) is 0 Å². The lowest BCUT2D eigenvalue weighted by atomic mass is 9.96. The van der Waals surface area contributed by atoms with Crippen LogP contribution in [0.4, 0.5) is 5.82 Å². The van der Waals surface area contributed by atoms with Gasteiger partial charge < -0.3 is 16.2 Å². The van der Waals surface area contributed by atoms with Crippen LogP contribution in [-0.2, 0) is 6.42 Å². The minimum absolute atomic E-state index is 0.132. The van der Waals surface area contributed by atoms with Crippen molar-refractivity contribution >= 4 is 11.5 Å². The maximum atomic E-state index is 9.75. The molecule has 0 unspecified atom stereocenters. The minimum atomic E-state index is -0.132. The fourth-order valence-corrected chi connectivity index (χ4v) is 2.96. The molecular formula is C17H28N4O. The van der Waals surface area contributed by atoms with E-state index in [1.54, 1.807) is 6.20 Å². The Morgan fingerprint density at radius 3 is 2.86 bits per heavy atom. The second kappa shape index (κ2) is 7.58. The molecule has 22 heavy (non-hydrogen) atoms. The fraction of sp³-hybridized carbons (Fsp3) is 0.647. The molecule has 1 aromatic heterocycles. The lowest BCUT2D eigenvalue weighted by Gasteiger charge is -2.17. The molecule has 122 valence electrons. The highest BCUT2D eigenvalue weighted by molar-refractivity contribution is 5.69. The highest BCUT2D eigenvalue weighted by atomic mass is 16.3. The van der Waals surface area contributed by atoms with Crippen LogP contribution in [0.2, 0.25) is 0 Å². The first-order valence-corrected chi connectivity index (χ1v) is 8.21. The van der Waals surface area contributed by atoms with Gasteiger partial charge in [-0.15, -0.1) is 0 Å². The Kier molecular flexibility index (Phi) is 5.77. The van der Waals surface area contributed by atoms with E-state index in [2.05, 4.69) is 35.7 Å². The Hall–Kier alpha value is -1.62. The van der Waals surface area contributed by atoms with Crippen LogP contribution in [0, 0.1) is 5.92 Å². The Morgan fingerprint density at radius 1 is 1.41 bits per heavy atom. The van der Waals surface area contributed by atoms with Crippen molar-refractivity contribution in [2.24, 2.45) is 11.7 Å². The molecule has 1 heterocycles. The zero-order valence-corrected chi connectivity index (χ0v) is 13.7. The summed E-state index contributed by atoms with van der Waals surface area (Å²) in [5.41, 5.74) is 7.07. The van der Waals surface area contributed by atoms with Crippen molar-refractivity contribution in [1.82, 2.24) is 9.97 Å². The molecule has 0 saturated heterocycles. The maximum absolute atomic E-state index is 9.75. The summed E-state index contributed by atoms with van der Waals surface area (Å²) >= 11 is 0. The average Bonchev–Trinajstić information content (AvgIpc) is 2.63. The van der Waals surface area contributed by atoms with Crippen molar-refractivity contribution in [2.45, 2.75) is 64.5 Å². The fourth-order valence-electron chi connectivity index (χ4n) is 2.96. The molecular weight excluding hydrogens is 276 g/mol. The molecule has 0 aromatic carbocycles. The molecule has 2 rings (SSSR count). The predicted molar refractivity (Wildman–Crippen MR) is 90.3 cm³/mol. The number of anilines is 1. The van der Waals surface area contributed by atoms with Crippen molar-refractivity contribution in [3.8, 4) is 0 Å². The number of hydrogen-bond donors (Lipinski definition) is 3. The van der Waals surface area contributed by atoms with Crippen LogP contribution in [0.1, 0.15) is 57.3 Å². The van der Waals surface area contributed by atoms with Crippen LogP contribution >= 0.6 is 0 Å². The van der Waals surface area contributed by atoms with E-state index in [4.69, 9.17) is 5.73 Å². The van der Waals surface area contributed by atoms with E-state index >= 15 is 0 Å². The summed E-state index contributed by atoms with van der Waals surface area (Å²) in [7, 11) is 0. The smallest absolute Gasteiger partial charge is 0.139 e. The number of rotatable bonds is 5. The van der Waals surface area contributed by atoms with Crippen LogP contribution in [0.5, 0.6) is 0 Å². The highest BCUT2D eigenvalue weighted by Gasteiger charge is 2.19. The summed E-state index contributed by atoms with van der Waals surface area (Å²) in [6.07, 6.45) is 7.56. The van der Waals surface area contributed by atoms with Crippen LogP contribution < -0.4 is 11.1 Å². The molecule has 1 aliphatic rings. The Balaban J connectivity index is 2.12. The summed E-state index contributed by atoms with van der Waals surface area (Å²) in [4.78, 5) is 9.11. The molecule has 1 aromatic rings. The summed E-state index contributed by atoms with van der Waals surface area (Å²) in [5.74, 6) is 2.16. The molecule has 0 amide bonds. The van der Waals surface area contributed by atoms with Crippen LogP contribution in [0.25, 0.3) is 5.70 Å². The van der Waals surface area contributed by atoms with Gasteiger partial charge in [0.1, 0.15) is 11.6 Å². The van der Waals surface area contributed by atoms with Crippen molar-refractivity contribution in [1.29, 1.82) is 0 Å².